The third-order valence-corrected chi connectivity index (χ3v) is 7.60. The lowest BCUT2D eigenvalue weighted by Gasteiger charge is -2.32. The molecular formula is C19H23N3O6S2. The van der Waals surface area contributed by atoms with E-state index in [0.717, 1.165) is 11.3 Å². The number of pyridine rings is 1. The number of rotatable bonds is 6. The molecule has 0 atom stereocenters. The number of thiophene rings is 1. The van der Waals surface area contributed by atoms with Crippen molar-refractivity contribution in [2.45, 2.75) is 17.7 Å². The minimum Gasteiger partial charge on any atom is -0.465 e. The average molecular weight is 454 g/mol. The number of carbonyl (C=O) groups excluding carboxylic acids is 2. The number of aryl methyl sites for hydroxylation is 1. The number of aromatic nitrogens is 1. The number of esters is 1. The van der Waals surface area contributed by atoms with Crippen LogP contribution in [0, 0.1) is 5.92 Å². The second kappa shape index (κ2) is 9.11. The van der Waals surface area contributed by atoms with E-state index in [1.54, 1.807) is 24.2 Å². The number of piperidine rings is 1. The first-order chi connectivity index (χ1) is 14.2. The van der Waals surface area contributed by atoms with Crippen molar-refractivity contribution in [3.8, 4) is 0 Å². The van der Waals surface area contributed by atoms with Crippen LogP contribution in [0.5, 0.6) is 0 Å². The Morgan fingerprint density at radius 1 is 1.27 bits per heavy atom. The molecule has 2 aromatic rings. The lowest BCUT2D eigenvalue weighted by Crippen LogP contribution is -2.43. The fraction of sp³-hybridized carbons (Fsp3) is 0.421. The standard InChI is InChI=1S/C19H23N3O6S2/c1-21-8-3-4-14(17(21)23)18(24)22-9-5-13(6-10-22)12-20-30(26,27)15-7-11-29-16(15)19(25)28-2/h3-4,7-8,11,13,20H,5-6,9-10,12H2,1-2H3. The molecule has 0 spiro atoms. The predicted octanol–water partition coefficient (Wildman–Crippen LogP) is 1.06. The number of hydrogen-bond donors (Lipinski definition) is 1. The highest BCUT2D eigenvalue weighted by molar-refractivity contribution is 7.89. The van der Waals surface area contributed by atoms with E-state index < -0.39 is 16.0 Å². The van der Waals surface area contributed by atoms with Crippen molar-refractivity contribution in [1.82, 2.24) is 14.2 Å². The maximum absolute atomic E-state index is 12.6. The molecule has 1 aliphatic rings. The molecule has 9 nitrogen and oxygen atoms in total. The van der Waals surface area contributed by atoms with Crippen molar-refractivity contribution < 1.29 is 22.7 Å². The summed E-state index contributed by atoms with van der Waals surface area (Å²) < 4.78 is 33.7. The van der Waals surface area contributed by atoms with E-state index in [4.69, 9.17) is 0 Å². The van der Waals surface area contributed by atoms with E-state index >= 15 is 0 Å². The quantitative estimate of drug-likeness (QED) is 0.654. The fourth-order valence-corrected chi connectivity index (χ4v) is 5.78. The summed E-state index contributed by atoms with van der Waals surface area (Å²) in [5.41, 5.74) is -0.207. The van der Waals surface area contributed by atoms with E-state index in [1.807, 2.05) is 0 Å². The van der Waals surface area contributed by atoms with Gasteiger partial charge in [0.1, 0.15) is 15.3 Å². The Bertz CT molecular complexity index is 1100. The van der Waals surface area contributed by atoms with Gasteiger partial charge in [-0.05, 0) is 42.3 Å². The van der Waals surface area contributed by atoms with Crippen LogP contribution in [0.3, 0.4) is 0 Å². The summed E-state index contributed by atoms with van der Waals surface area (Å²) in [7, 11) is -1.06. The van der Waals surface area contributed by atoms with E-state index in [0.29, 0.717) is 25.9 Å². The van der Waals surface area contributed by atoms with Gasteiger partial charge in [-0.2, -0.15) is 0 Å². The number of sulfonamides is 1. The van der Waals surface area contributed by atoms with Crippen LogP contribution in [0.25, 0.3) is 0 Å². The lowest BCUT2D eigenvalue weighted by atomic mass is 9.97. The van der Waals surface area contributed by atoms with Gasteiger partial charge in [0.25, 0.3) is 11.5 Å². The minimum atomic E-state index is -3.85. The van der Waals surface area contributed by atoms with Gasteiger partial charge < -0.3 is 14.2 Å². The van der Waals surface area contributed by atoms with Crippen LogP contribution in [0.4, 0.5) is 0 Å². The number of hydrogen-bond acceptors (Lipinski definition) is 7. The molecule has 11 heteroatoms. The monoisotopic (exact) mass is 453 g/mol. The van der Waals surface area contributed by atoms with Gasteiger partial charge in [0, 0.05) is 32.9 Å². The van der Waals surface area contributed by atoms with Crippen LogP contribution in [-0.2, 0) is 21.8 Å². The predicted molar refractivity (Wildman–Crippen MR) is 111 cm³/mol. The van der Waals surface area contributed by atoms with Crippen LogP contribution in [0.1, 0.15) is 32.9 Å². The van der Waals surface area contributed by atoms with Crippen molar-refractivity contribution in [3.63, 3.8) is 0 Å². The van der Waals surface area contributed by atoms with E-state index in [2.05, 4.69) is 9.46 Å². The SMILES string of the molecule is COC(=O)c1sccc1S(=O)(=O)NCC1CCN(C(=O)c2cccn(C)c2=O)CC1. The summed E-state index contributed by atoms with van der Waals surface area (Å²) in [6.07, 6.45) is 2.81. The Hall–Kier alpha value is -2.50. The normalized spacial score (nSPS) is 15.2. The molecule has 162 valence electrons. The third-order valence-electron chi connectivity index (χ3n) is 5.11. The second-order valence-corrected chi connectivity index (χ2v) is 9.68. The van der Waals surface area contributed by atoms with Gasteiger partial charge in [-0.1, -0.05) is 0 Å². The zero-order valence-electron chi connectivity index (χ0n) is 16.7. The van der Waals surface area contributed by atoms with Crippen LogP contribution < -0.4 is 10.3 Å². The Labute approximate surface area is 178 Å². The first-order valence-corrected chi connectivity index (χ1v) is 11.7. The molecule has 2 aromatic heterocycles. The third kappa shape index (κ3) is 4.63. The number of nitrogens with zero attached hydrogens (tertiary/aromatic N) is 2. The van der Waals surface area contributed by atoms with Crippen molar-refractivity contribution in [2.75, 3.05) is 26.7 Å². The molecule has 1 aliphatic heterocycles. The van der Waals surface area contributed by atoms with Gasteiger partial charge in [0.15, 0.2) is 0 Å². The topological polar surface area (TPSA) is 115 Å². The average Bonchev–Trinajstić information content (AvgIpc) is 3.25. The highest BCUT2D eigenvalue weighted by Gasteiger charge is 2.28. The van der Waals surface area contributed by atoms with Crippen molar-refractivity contribution in [1.29, 1.82) is 0 Å². The molecule has 0 unspecified atom stereocenters. The second-order valence-electron chi connectivity index (χ2n) is 7.03. The summed E-state index contributed by atoms with van der Waals surface area (Å²) in [6.45, 7) is 1.08. The van der Waals surface area contributed by atoms with E-state index in [-0.39, 0.29) is 39.3 Å². The number of methoxy groups -OCH3 is 1. The zero-order valence-corrected chi connectivity index (χ0v) is 18.3. The molecule has 0 saturated carbocycles. The van der Waals surface area contributed by atoms with Crippen LogP contribution >= 0.6 is 11.3 Å². The maximum atomic E-state index is 12.6. The molecule has 0 aliphatic carbocycles. The number of nitrogens with one attached hydrogen (secondary N) is 1. The van der Waals surface area contributed by atoms with Crippen LogP contribution in [0.2, 0.25) is 0 Å². The van der Waals surface area contributed by atoms with Gasteiger partial charge in [-0.25, -0.2) is 17.9 Å². The van der Waals surface area contributed by atoms with Crippen molar-refractivity contribution in [3.05, 3.63) is 50.6 Å². The van der Waals surface area contributed by atoms with E-state index in [1.165, 1.54) is 29.2 Å². The summed E-state index contributed by atoms with van der Waals surface area (Å²) in [5.74, 6) is -0.955. The molecule has 30 heavy (non-hydrogen) atoms. The zero-order chi connectivity index (χ0) is 21.9. The first-order valence-electron chi connectivity index (χ1n) is 9.35. The van der Waals surface area contributed by atoms with Crippen LogP contribution in [0.15, 0.2) is 39.5 Å². The molecule has 0 bridgehead atoms. The fourth-order valence-electron chi connectivity index (χ4n) is 3.33. The van der Waals surface area contributed by atoms with Gasteiger partial charge in [0.2, 0.25) is 10.0 Å². The van der Waals surface area contributed by atoms with Gasteiger partial charge in [-0.15, -0.1) is 11.3 Å². The highest BCUT2D eigenvalue weighted by Crippen LogP contribution is 2.24. The Balaban J connectivity index is 1.58. The van der Waals surface area contributed by atoms with Crippen LogP contribution in [-0.4, -0.2) is 56.5 Å². The first kappa shape index (κ1) is 22.2. The van der Waals surface area contributed by atoms with Gasteiger partial charge in [-0.3, -0.25) is 9.59 Å². The molecule has 3 heterocycles. The number of ether oxygens (including phenoxy) is 1. The summed E-state index contributed by atoms with van der Waals surface area (Å²) in [4.78, 5) is 38.1. The molecular weight excluding hydrogens is 430 g/mol. The smallest absolute Gasteiger partial charge is 0.349 e. The number of likely N-dealkylation sites (tertiary alicyclic amines) is 1. The Kier molecular flexibility index (Phi) is 6.74. The molecule has 0 aromatic carbocycles. The minimum absolute atomic E-state index is 0.0369. The Morgan fingerprint density at radius 2 is 1.97 bits per heavy atom. The number of amides is 1. The van der Waals surface area contributed by atoms with Gasteiger partial charge in [0.05, 0.1) is 7.11 Å². The molecule has 1 N–H and O–H groups in total. The summed E-state index contributed by atoms with van der Waals surface area (Å²) in [6, 6.07) is 4.55. The largest absolute Gasteiger partial charge is 0.465 e. The summed E-state index contributed by atoms with van der Waals surface area (Å²) >= 11 is 1.01. The van der Waals surface area contributed by atoms with E-state index in [9.17, 15) is 22.8 Å². The summed E-state index contributed by atoms with van der Waals surface area (Å²) in [5, 5.41) is 1.53. The molecule has 1 amide bonds. The molecule has 3 rings (SSSR count). The molecule has 1 fully saturated rings. The van der Waals surface area contributed by atoms with Crippen molar-refractivity contribution >= 4 is 33.2 Å². The highest BCUT2D eigenvalue weighted by atomic mass is 32.2. The molecule has 0 radical (unpaired) electrons. The van der Waals surface area contributed by atoms with Gasteiger partial charge >= 0.3 is 5.97 Å². The number of carbonyl (C=O) groups is 2. The Morgan fingerprint density at radius 3 is 2.63 bits per heavy atom. The lowest BCUT2D eigenvalue weighted by molar-refractivity contribution is 0.0601. The molecule has 1 saturated heterocycles. The maximum Gasteiger partial charge on any atom is 0.349 e. The van der Waals surface area contributed by atoms with Crippen molar-refractivity contribution in [2.24, 2.45) is 13.0 Å².